The van der Waals surface area contributed by atoms with Gasteiger partial charge in [-0.15, -0.1) is 0 Å². The van der Waals surface area contributed by atoms with Crippen molar-refractivity contribution in [2.75, 3.05) is 13.6 Å². The summed E-state index contributed by atoms with van der Waals surface area (Å²) in [6.07, 6.45) is 2.53. The molecule has 20 heavy (non-hydrogen) atoms. The fraction of sp³-hybridized carbons (Fsp3) is 0.412. The summed E-state index contributed by atoms with van der Waals surface area (Å²) in [4.78, 5) is 18.5. The molecule has 0 aliphatic heterocycles. The fourth-order valence-corrected chi connectivity index (χ4v) is 2.20. The van der Waals surface area contributed by atoms with Gasteiger partial charge < -0.3 is 4.90 Å². The first kappa shape index (κ1) is 14.5. The van der Waals surface area contributed by atoms with E-state index in [1.165, 1.54) is 5.56 Å². The van der Waals surface area contributed by atoms with Crippen LogP contribution in [0.3, 0.4) is 0 Å². The normalized spacial score (nSPS) is 10.8. The van der Waals surface area contributed by atoms with E-state index in [-0.39, 0.29) is 5.91 Å². The molecule has 1 aromatic carbocycles. The van der Waals surface area contributed by atoms with Crippen molar-refractivity contribution < 1.29 is 4.79 Å². The zero-order valence-corrected chi connectivity index (χ0v) is 12.5. The van der Waals surface area contributed by atoms with Crippen LogP contribution in [0.25, 0.3) is 10.9 Å². The number of hydrogen-bond acceptors (Lipinski definition) is 2. The molecule has 0 N–H and O–H groups in total. The van der Waals surface area contributed by atoms with Crippen LogP contribution in [0.2, 0.25) is 0 Å². The monoisotopic (exact) mass is 270 g/mol. The summed E-state index contributed by atoms with van der Waals surface area (Å²) in [5.41, 5.74) is 3.02. The van der Waals surface area contributed by atoms with Crippen molar-refractivity contribution >= 4 is 16.8 Å². The molecule has 0 radical (unpaired) electrons. The molecule has 0 aliphatic carbocycles. The van der Waals surface area contributed by atoms with Crippen LogP contribution >= 0.6 is 0 Å². The highest BCUT2D eigenvalue weighted by Gasteiger charge is 2.10. The standard InChI is InChI=1S/C17H22N2O/c1-4-5-10-19(3)17(20)12-15-8-7-14-11-13(2)6-9-16(14)18-15/h6-9,11H,4-5,10,12H2,1-3H3. The highest BCUT2D eigenvalue weighted by atomic mass is 16.2. The largest absolute Gasteiger partial charge is 0.345 e. The number of carbonyl (C=O) groups excluding carboxylic acids is 1. The van der Waals surface area contributed by atoms with Crippen molar-refractivity contribution in [1.29, 1.82) is 0 Å². The van der Waals surface area contributed by atoms with Gasteiger partial charge in [0.2, 0.25) is 5.91 Å². The van der Waals surface area contributed by atoms with Crippen molar-refractivity contribution in [2.24, 2.45) is 0 Å². The Morgan fingerprint density at radius 1 is 1.25 bits per heavy atom. The molecule has 0 spiro atoms. The number of pyridine rings is 1. The number of hydrogen-bond donors (Lipinski definition) is 0. The highest BCUT2D eigenvalue weighted by molar-refractivity contribution is 5.82. The molecule has 3 heteroatoms. The molecule has 0 aliphatic rings. The summed E-state index contributed by atoms with van der Waals surface area (Å²) in [6, 6.07) is 10.2. The molecule has 2 aromatic rings. The second-order valence-electron chi connectivity index (χ2n) is 5.34. The molecule has 0 saturated carbocycles. The molecule has 106 valence electrons. The van der Waals surface area contributed by atoms with Crippen LogP contribution in [0.5, 0.6) is 0 Å². The van der Waals surface area contributed by atoms with Gasteiger partial charge in [-0.1, -0.05) is 31.0 Å². The number of likely N-dealkylation sites (N-methyl/N-ethyl adjacent to an activating group) is 1. The van der Waals surface area contributed by atoms with Gasteiger partial charge in [-0.3, -0.25) is 9.78 Å². The lowest BCUT2D eigenvalue weighted by atomic mass is 10.1. The van der Waals surface area contributed by atoms with Gasteiger partial charge in [0, 0.05) is 19.0 Å². The van der Waals surface area contributed by atoms with E-state index in [0.29, 0.717) is 6.42 Å². The molecule has 0 bridgehead atoms. The zero-order valence-electron chi connectivity index (χ0n) is 12.5. The van der Waals surface area contributed by atoms with E-state index in [2.05, 4.69) is 24.9 Å². The Hall–Kier alpha value is -1.90. The van der Waals surface area contributed by atoms with E-state index in [4.69, 9.17) is 0 Å². The third-order valence-electron chi connectivity index (χ3n) is 3.51. The Balaban J connectivity index is 2.09. The molecule has 1 amide bonds. The Morgan fingerprint density at radius 3 is 2.80 bits per heavy atom. The molecule has 0 unspecified atom stereocenters. The molecule has 3 nitrogen and oxygen atoms in total. The Bertz CT molecular complexity index is 607. The van der Waals surface area contributed by atoms with Gasteiger partial charge in [0.15, 0.2) is 0 Å². The van der Waals surface area contributed by atoms with E-state index in [0.717, 1.165) is 36.0 Å². The number of amides is 1. The minimum atomic E-state index is 0.136. The molecule has 1 heterocycles. The van der Waals surface area contributed by atoms with Gasteiger partial charge in [-0.05, 0) is 31.5 Å². The topological polar surface area (TPSA) is 33.2 Å². The van der Waals surface area contributed by atoms with Crippen LogP contribution in [-0.2, 0) is 11.2 Å². The molecular formula is C17H22N2O. The maximum atomic E-state index is 12.1. The first-order valence-electron chi connectivity index (χ1n) is 7.20. The predicted molar refractivity (Wildman–Crippen MR) is 82.7 cm³/mol. The van der Waals surface area contributed by atoms with Crippen LogP contribution in [0.1, 0.15) is 31.0 Å². The SMILES string of the molecule is CCCCN(C)C(=O)Cc1ccc2cc(C)ccc2n1. The third-order valence-corrected chi connectivity index (χ3v) is 3.51. The number of nitrogens with zero attached hydrogens (tertiary/aromatic N) is 2. The van der Waals surface area contributed by atoms with Gasteiger partial charge >= 0.3 is 0 Å². The minimum Gasteiger partial charge on any atom is -0.345 e. The number of unbranched alkanes of at least 4 members (excludes halogenated alkanes) is 1. The summed E-state index contributed by atoms with van der Waals surface area (Å²) in [6.45, 7) is 5.02. The summed E-state index contributed by atoms with van der Waals surface area (Å²) < 4.78 is 0. The van der Waals surface area contributed by atoms with Crippen LogP contribution in [-0.4, -0.2) is 29.4 Å². The van der Waals surface area contributed by atoms with Crippen molar-refractivity contribution in [1.82, 2.24) is 9.88 Å². The number of fused-ring (bicyclic) bond motifs is 1. The number of aryl methyl sites for hydroxylation is 1. The lowest BCUT2D eigenvalue weighted by molar-refractivity contribution is -0.129. The van der Waals surface area contributed by atoms with Crippen LogP contribution in [0.4, 0.5) is 0 Å². The number of aromatic nitrogens is 1. The smallest absolute Gasteiger partial charge is 0.228 e. The molecule has 0 fully saturated rings. The van der Waals surface area contributed by atoms with E-state index in [9.17, 15) is 4.79 Å². The first-order chi connectivity index (χ1) is 9.60. The summed E-state index contributed by atoms with van der Waals surface area (Å²) in [7, 11) is 1.86. The van der Waals surface area contributed by atoms with Gasteiger partial charge in [0.1, 0.15) is 0 Å². The second-order valence-corrected chi connectivity index (χ2v) is 5.34. The average molecular weight is 270 g/mol. The summed E-state index contributed by atoms with van der Waals surface area (Å²) >= 11 is 0. The van der Waals surface area contributed by atoms with Gasteiger partial charge in [0.25, 0.3) is 0 Å². The van der Waals surface area contributed by atoms with Crippen molar-refractivity contribution in [2.45, 2.75) is 33.1 Å². The van der Waals surface area contributed by atoms with Crippen LogP contribution < -0.4 is 0 Å². The number of carbonyl (C=O) groups is 1. The van der Waals surface area contributed by atoms with Crippen molar-refractivity contribution in [3.05, 3.63) is 41.6 Å². The molecule has 1 aromatic heterocycles. The van der Waals surface area contributed by atoms with Crippen LogP contribution in [0.15, 0.2) is 30.3 Å². The average Bonchev–Trinajstić information content (AvgIpc) is 2.44. The molecular weight excluding hydrogens is 248 g/mol. The van der Waals surface area contributed by atoms with Crippen molar-refractivity contribution in [3.63, 3.8) is 0 Å². The zero-order chi connectivity index (χ0) is 14.5. The number of rotatable bonds is 5. The minimum absolute atomic E-state index is 0.136. The van der Waals surface area contributed by atoms with E-state index < -0.39 is 0 Å². The summed E-state index contributed by atoms with van der Waals surface area (Å²) in [5.74, 6) is 0.136. The Morgan fingerprint density at radius 2 is 2.05 bits per heavy atom. The van der Waals surface area contributed by atoms with E-state index >= 15 is 0 Å². The highest BCUT2D eigenvalue weighted by Crippen LogP contribution is 2.15. The van der Waals surface area contributed by atoms with E-state index in [1.54, 1.807) is 4.90 Å². The van der Waals surface area contributed by atoms with Gasteiger partial charge in [-0.2, -0.15) is 0 Å². The maximum Gasteiger partial charge on any atom is 0.228 e. The van der Waals surface area contributed by atoms with E-state index in [1.807, 2.05) is 31.3 Å². The maximum absolute atomic E-state index is 12.1. The lowest BCUT2D eigenvalue weighted by Crippen LogP contribution is -2.29. The third kappa shape index (κ3) is 3.56. The lowest BCUT2D eigenvalue weighted by Gasteiger charge is -2.16. The molecule has 0 atom stereocenters. The predicted octanol–water partition coefficient (Wildman–Crippen LogP) is 3.34. The van der Waals surface area contributed by atoms with Crippen LogP contribution in [0, 0.1) is 6.92 Å². The van der Waals surface area contributed by atoms with Gasteiger partial charge in [0.05, 0.1) is 17.6 Å². The second kappa shape index (κ2) is 6.51. The fourth-order valence-electron chi connectivity index (χ4n) is 2.20. The van der Waals surface area contributed by atoms with Crippen molar-refractivity contribution in [3.8, 4) is 0 Å². The van der Waals surface area contributed by atoms with Gasteiger partial charge in [-0.25, -0.2) is 0 Å². The Labute approximate surface area is 120 Å². The number of benzene rings is 1. The quantitative estimate of drug-likeness (QED) is 0.835. The molecule has 2 rings (SSSR count). The first-order valence-corrected chi connectivity index (χ1v) is 7.20. The molecule has 0 saturated heterocycles. The Kier molecular flexibility index (Phi) is 4.72. The summed E-state index contributed by atoms with van der Waals surface area (Å²) in [5, 5.41) is 1.13.